The first-order valence-corrected chi connectivity index (χ1v) is 12.1. The van der Waals surface area contributed by atoms with Crippen LogP contribution in [0.15, 0.2) is 71.9 Å². The number of ether oxygens (including phenoxy) is 1. The first-order valence-electron chi connectivity index (χ1n) is 11.1. The summed E-state index contributed by atoms with van der Waals surface area (Å²) in [4.78, 5) is 15.3. The SMILES string of the molecule is COc1ccc(-n2c(C)nnc2SCC(=O)N2CCCC2c2cccc3ccccc23)cc1. The fourth-order valence-electron chi connectivity index (χ4n) is 4.60. The molecule has 1 aliphatic rings. The van der Waals surface area contributed by atoms with Gasteiger partial charge in [0.2, 0.25) is 5.91 Å². The summed E-state index contributed by atoms with van der Waals surface area (Å²) >= 11 is 1.44. The molecule has 0 radical (unpaired) electrons. The van der Waals surface area contributed by atoms with E-state index in [2.05, 4.69) is 52.7 Å². The van der Waals surface area contributed by atoms with Gasteiger partial charge in [-0.25, -0.2) is 0 Å². The van der Waals surface area contributed by atoms with Crippen LogP contribution in [0.25, 0.3) is 16.5 Å². The second kappa shape index (κ2) is 9.27. The molecule has 0 bridgehead atoms. The Balaban J connectivity index is 1.34. The Labute approximate surface area is 197 Å². The van der Waals surface area contributed by atoms with E-state index in [9.17, 15) is 4.79 Å². The van der Waals surface area contributed by atoms with Gasteiger partial charge in [-0.3, -0.25) is 9.36 Å². The molecule has 0 N–H and O–H groups in total. The Bertz CT molecular complexity index is 1280. The molecular weight excluding hydrogens is 432 g/mol. The third-order valence-corrected chi connectivity index (χ3v) is 7.12. The highest BCUT2D eigenvalue weighted by Gasteiger charge is 2.31. The average molecular weight is 459 g/mol. The number of hydrogen-bond donors (Lipinski definition) is 0. The van der Waals surface area contributed by atoms with Gasteiger partial charge < -0.3 is 9.64 Å². The maximum Gasteiger partial charge on any atom is 0.233 e. The Kier molecular flexibility index (Phi) is 6.05. The van der Waals surface area contributed by atoms with Gasteiger partial charge in [0.15, 0.2) is 5.16 Å². The summed E-state index contributed by atoms with van der Waals surface area (Å²) in [6.07, 6.45) is 2.01. The fraction of sp³-hybridized carbons (Fsp3) is 0.269. The van der Waals surface area contributed by atoms with Gasteiger partial charge in [0.1, 0.15) is 11.6 Å². The summed E-state index contributed by atoms with van der Waals surface area (Å²) in [7, 11) is 1.65. The molecular formula is C26H26N4O2S. The summed E-state index contributed by atoms with van der Waals surface area (Å²) in [6, 6.07) is 22.7. The molecule has 0 saturated carbocycles. The number of benzene rings is 3. The Morgan fingerprint density at radius 2 is 1.85 bits per heavy atom. The number of amides is 1. The topological polar surface area (TPSA) is 60.2 Å². The van der Waals surface area contributed by atoms with Gasteiger partial charge in [0.25, 0.3) is 0 Å². The number of aryl methyl sites for hydroxylation is 1. The van der Waals surface area contributed by atoms with Crippen molar-refractivity contribution < 1.29 is 9.53 Å². The molecule has 0 aliphatic carbocycles. The number of aromatic nitrogens is 3. The van der Waals surface area contributed by atoms with Crippen LogP contribution in [-0.4, -0.2) is 45.0 Å². The van der Waals surface area contributed by atoms with Crippen LogP contribution in [0.3, 0.4) is 0 Å². The van der Waals surface area contributed by atoms with E-state index in [0.717, 1.165) is 36.6 Å². The van der Waals surface area contributed by atoms with Gasteiger partial charge in [-0.2, -0.15) is 0 Å². The zero-order valence-corrected chi connectivity index (χ0v) is 19.6. The molecule has 1 aromatic heterocycles. The van der Waals surface area contributed by atoms with Crippen LogP contribution in [0.5, 0.6) is 5.75 Å². The summed E-state index contributed by atoms with van der Waals surface area (Å²) in [6.45, 7) is 2.71. The molecule has 168 valence electrons. The highest BCUT2D eigenvalue weighted by Crippen LogP contribution is 2.36. The molecule has 0 spiro atoms. The fourth-order valence-corrected chi connectivity index (χ4v) is 5.49. The Morgan fingerprint density at radius 1 is 1.06 bits per heavy atom. The van der Waals surface area contributed by atoms with E-state index in [1.54, 1.807) is 7.11 Å². The molecule has 7 heteroatoms. The van der Waals surface area contributed by atoms with Gasteiger partial charge in [-0.05, 0) is 60.4 Å². The summed E-state index contributed by atoms with van der Waals surface area (Å²) in [5.74, 6) is 2.04. The van der Waals surface area contributed by atoms with Crippen molar-refractivity contribution in [3.05, 3.63) is 78.1 Å². The quantitative estimate of drug-likeness (QED) is 0.372. The van der Waals surface area contributed by atoms with Crippen LogP contribution in [0, 0.1) is 6.92 Å². The number of carbonyl (C=O) groups is 1. The van der Waals surface area contributed by atoms with Crippen LogP contribution in [0.1, 0.15) is 30.3 Å². The van der Waals surface area contributed by atoms with Crippen molar-refractivity contribution in [2.75, 3.05) is 19.4 Å². The van der Waals surface area contributed by atoms with E-state index in [0.29, 0.717) is 10.9 Å². The lowest BCUT2D eigenvalue weighted by atomic mass is 9.97. The lowest BCUT2D eigenvalue weighted by Crippen LogP contribution is -2.32. The van der Waals surface area contributed by atoms with Crippen LogP contribution in [-0.2, 0) is 4.79 Å². The van der Waals surface area contributed by atoms with Crippen molar-refractivity contribution in [3.63, 3.8) is 0 Å². The predicted octanol–water partition coefficient (Wildman–Crippen LogP) is 5.19. The van der Waals surface area contributed by atoms with Crippen molar-refractivity contribution in [2.45, 2.75) is 31.0 Å². The molecule has 1 saturated heterocycles. The number of carbonyl (C=O) groups excluding carboxylic acids is 1. The van der Waals surface area contributed by atoms with E-state index in [4.69, 9.17) is 4.74 Å². The van der Waals surface area contributed by atoms with Gasteiger partial charge in [-0.1, -0.05) is 54.2 Å². The van der Waals surface area contributed by atoms with E-state index in [-0.39, 0.29) is 11.9 Å². The van der Waals surface area contributed by atoms with Crippen LogP contribution >= 0.6 is 11.8 Å². The second-order valence-electron chi connectivity index (χ2n) is 8.17. The van der Waals surface area contributed by atoms with Crippen LogP contribution < -0.4 is 4.74 Å². The zero-order chi connectivity index (χ0) is 22.8. The van der Waals surface area contributed by atoms with Crippen molar-refractivity contribution in [3.8, 4) is 11.4 Å². The molecule has 1 atom stereocenters. The highest BCUT2D eigenvalue weighted by atomic mass is 32.2. The second-order valence-corrected chi connectivity index (χ2v) is 9.11. The standard InChI is InChI=1S/C26H26N4O2S/c1-18-27-28-26(30(18)20-12-14-21(32-2)15-13-20)33-17-25(31)29-16-6-11-24(29)23-10-5-8-19-7-3-4-9-22(19)23/h3-5,7-10,12-15,24H,6,11,16-17H2,1-2H3. The summed E-state index contributed by atoms with van der Waals surface area (Å²) in [5.41, 5.74) is 2.18. The number of fused-ring (bicyclic) bond motifs is 1. The third kappa shape index (κ3) is 4.20. The van der Waals surface area contributed by atoms with E-state index in [1.165, 1.54) is 28.1 Å². The number of thioether (sulfide) groups is 1. The van der Waals surface area contributed by atoms with Crippen LogP contribution in [0.4, 0.5) is 0 Å². The molecule has 1 aliphatic heterocycles. The number of methoxy groups -OCH3 is 1. The first kappa shape index (κ1) is 21.5. The van der Waals surface area contributed by atoms with Crippen molar-refractivity contribution in [1.82, 2.24) is 19.7 Å². The minimum Gasteiger partial charge on any atom is -0.497 e. The lowest BCUT2D eigenvalue weighted by molar-refractivity contribution is -0.129. The maximum absolute atomic E-state index is 13.3. The maximum atomic E-state index is 13.3. The highest BCUT2D eigenvalue weighted by molar-refractivity contribution is 7.99. The first-order chi connectivity index (χ1) is 16.2. The van der Waals surface area contributed by atoms with Gasteiger partial charge in [-0.15, -0.1) is 10.2 Å². The van der Waals surface area contributed by atoms with Crippen molar-refractivity contribution >= 4 is 28.4 Å². The molecule has 3 aromatic carbocycles. The largest absolute Gasteiger partial charge is 0.497 e. The van der Waals surface area contributed by atoms with E-state index >= 15 is 0 Å². The third-order valence-electron chi connectivity index (χ3n) is 6.21. The number of likely N-dealkylation sites (tertiary alicyclic amines) is 1. The molecule has 2 heterocycles. The predicted molar refractivity (Wildman–Crippen MR) is 131 cm³/mol. The number of rotatable bonds is 6. The average Bonchev–Trinajstić information content (AvgIpc) is 3.49. The van der Waals surface area contributed by atoms with E-state index < -0.39 is 0 Å². The van der Waals surface area contributed by atoms with Crippen molar-refractivity contribution in [1.29, 1.82) is 0 Å². The van der Waals surface area contributed by atoms with Gasteiger partial charge in [0, 0.05) is 12.2 Å². The zero-order valence-electron chi connectivity index (χ0n) is 18.8. The van der Waals surface area contributed by atoms with Crippen molar-refractivity contribution in [2.24, 2.45) is 0 Å². The molecule has 1 unspecified atom stereocenters. The van der Waals surface area contributed by atoms with Crippen LogP contribution in [0.2, 0.25) is 0 Å². The molecule has 5 rings (SSSR count). The molecule has 1 fully saturated rings. The Hall–Kier alpha value is -3.32. The molecule has 33 heavy (non-hydrogen) atoms. The summed E-state index contributed by atoms with van der Waals surface area (Å²) < 4.78 is 7.24. The number of hydrogen-bond acceptors (Lipinski definition) is 5. The minimum absolute atomic E-state index is 0.116. The lowest BCUT2D eigenvalue weighted by Gasteiger charge is -2.26. The normalized spacial score (nSPS) is 15.8. The minimum atomic E-state index is 0.116. The molecule has 1 amide bonds. The summed E-state index contributed by atoms with van der Waals surface area (Å²) in [5, 5.41) is 11.7. The number of nitrogens with zero attached hydrogens (tertiary/aromatic N) is 4. The molecule has 6 nitrogen and oxygen atoms in total. The van der Waals surface area contributed by atoms with Gasteiger partial charge in [0.05, 0.1) is 18.9 Å². The molecule has 4 aromatic rings. The smallest absolute Gasteiger partial charge is 0.233 e. The Morgan fingerprint density at radius 3 is 2.67 bits per heavy atom. The monoisotopic (exact) mass is 458 g/mol. The van der Waals surface area contributed by atoms with E-state index in [1.807, 2.05) is 40.7 Å². The van der Waals surface area contributed by atoms with Gasteiger partial charge >= 0.3 is 0 Å².